The van der Waals surface area contributed by atoms with Crippen LogP contribution >= 0.6 is 0 Å². The zero-order valence-electron chi connectivity index (χ0n) is 38.8. The van der Waals surface area contributed by atoms with Crippen molar-refractivity contribution in [2.75, 3.05) is 64.4 Å². The van der Waals surface area contributed by atoms with Gasteiger partial charge in [0.1, 0.15) is 6.54 Å². The summed E-state index contributed by atoms with van der Waals surface area (Å²) in [7, 11) is 0. The van der Waals surface area contributed by atoms with E-state index in [9.17, 15) is 24.8 Å². The smallest absolute Gasteiger partial charge is 0.323 e. The lowest BCUT2D eigenvalue weighted by Gasteiger charge is -2.65. The molecule has 0 aliphatic heterocycles. The van der Waals surface area contributed by atoms with Crippen LogP contribution in [0.1, 0.15) is 124 Å². The summed E-state index contributed by atoms with van der Waals surface area (Å²) in [5.74, 6) is 1.52. The summed E-state index contributed by atoms with van der Waals surface area (Å²) >= 11 is 0. The van der Waals surface area contributed by atoms with Crippen LogP contribution in [0, 0.1) is 56.5 Å². The van der Waals surface area contributed by atoms with Crippen molar-refractivity contribution in [2.24, 2.45) is 63.5 Å². The van der Waals surface area contributed by atoms with Crippen LogP contribution in [0.5, 0.6) is 0 Å². The number of nitro benzene ring substituents is 1. The van der Waals surface area contributed by atoms with E-state index in [2.05, 4.69) is 36.4 Å². The van der Waals surface area contributed by atoms with Gasteiger partial charge in [0.15, 0.2) is 5.52 Å². The number of nitro groups is 1. The van der Waals surface area contributed by atoms with Crippen LogP contribution < -0.4 is 22.5 Å². The van der Waals surface area contributed by atoms with Gasteiger partial charge in [-0.2, -0.15) is 0 Å². The van der Waals surface area contributed by atoms with Crippen LogP contribution in [0.15, 0.2) is 16.8 Å². The lowest BCUT2D eigenvalue weighted by Crippen LogP contribution is -2.63. The summed E-state index contributed by atoms with van der Waals surface area (Å²) in [6, 6.07) is 2.95. The molecule has 1 amide bonds. The number of carbonyl (C=O) groups is 2. The molecule has 0 bridgehead atoms. The number of aromatic nitrogens is 2. The number of carboxylic acids is 1. The summed E-state index contributed by atoms with van der Waals surface area (Å²) in [6.07, 6.45) is 14.7. The number of hydrogen-bond donors (Lipinski definition) is 5. The van der Waals surface area contributed by atoms with Crippen LogP contribution in [0.2, 0.25) is 0 Å². The Labute approximate surface area is 379 Å². The monoisotopic (exact) mass is 899 g/mol. The molecular weight excluding hydrogens is 821 g/mol. The molecule has 0 saturated heterocycles. The summed E-state index contributed by atoms with van der Waals surface area (Å²) < 4.78 is 25.1. The van der Waals surface area contributed by atoms with Crippen LogP contribution in [0.4, 0.5) is 11.4 Å². The molecule has 4 unspecified atom stereocenters. The van der Waals surface area contributed by atoms with Crippen LogP contribution in [0.25, 0.3) is 11.0 Å². The zero-order valence-corrected chi connectivity index (χ0v) is 38.8. The fraction of sp³-hybridized carbons (Fsp3) is 0.830. The van der Waals surface area contributed by atoms with Gasteiger partial charge in [0.25, 0.3) is 0 Å². The Bertz CT molecular complexity index is 1820. The Hall–Kier alpha value is -3.48. The van der Waals surface area contributed by atoms with Crippen molar-refractivity contribution < 1.29 is 38.5 Å². The summed E-state index contributed by atoms with van der Waals surface area (Å²) in [4.78, 5) is 37.7. The van der Waals surface area contributed by atoms with Crippen molar-refractivity contribution in [3.63, 3.8) is 0 Å². The van der Waals surface area contributed by atoms with Crippen molar-refractivity contribution in [3.8, 4) is 0 Å². The van der Waals surface area contributed by atoms with E-state index in [0.29, 0.717) is 99.1 Å². The number of hydrogen-bond acceptors (Lipinski definition) is 14. The van der Waals surface area contributed by atoms with E-state index in [0.717, 1.165) is 96.5 Å². The quantitative estimate of drug-likeness (QED) is 0.0364. The van der Waals surface area contributed by atoms with Crippen LogP contribution in [-0.4, -0.2) is 115 Å². The number of aliphatic carboxylic acids is 1. The molecular formula is C47H78N8O9. The molecule has 6 rings (SSSR count). The fourth-order valence-corrected chi connectivity index (χ4v) is 13.0. The number of carbonyl (C=O) groups excluding carboxylic acids is 1. The van der Waals surface area contributed by atoms with Crippen molar-refractivity contribution in [3.05, 3.63) is 22.2 Å². The standard InChI is InChI=1S/C47H78N8O9/c1-31(11-7-23-54(30-42(57)58)41(56)12-5-4-6-22-51-37-15-16-38(55(59)60)45-44(37)52-64-53-45)34-13-14-35-43-36(29-40(47(34,35)3)63-26-10-21-50)46(2)18-17-33(61-24-8-19-48)27-32(46)28-39(43)62-25-9-20-49/h15-16,31-36,39-40,43,51H,4-14,17-30,48-50H2,1-3H3,(H,57,58)/t31-,32?,33-,34-,35?,36?,39-,40+,43?,46+,47-/m1/s1. The molecule has 2 aromatic rings. The first kappa shape index (κ1) is 49.9. The maximum absolute atomic E-state index is 13.4. The fourth-order valence-electron chi connectivity index (χ4n) is 13.0. The highest BCUT2D eigenvalue weighted by molar-refractivity contribution is 5.93. The van der Waals surface area contributed by atoms with Gasteiger partial charge < -0.3 is 46.7 Å². The van der Waals surface area contributed by atoms with E-state index in [1.165, 1.54) is 11.0 Å². The number of amides is 1. The molecule has 1 aromatic carbocycles. The predicted octanol–water partition coefficient (Wildman–Crippen LogP) is 6.51. The largest absolute Gasteiger partial charge is 0.480 e. The highest BCUT2D eigenvalue weighted by Crippen LogP contribution is 2.69. The van der Waals surface area contributed by atoms with Crippen molar-refractivity contribution in [1.29, 1.82) is 0 Å². The molecule has 8 N–H and O–H groups in total. The molecule has 17 heteroatoms. The maximum atomic E-state index is 13.4. The van der Waals surface area contributed by atoms with E-state index in [4.69, 9.17) is 36.0 Å². The van der Waals surface area contributed by atoms with Gasteiger partial charge in [-0.15, -0.1) is 0 Å². The maximum Gasteiger partial charge on any atom is 0.323 e. The number of ether oxygens (including phenoxy) is 3. The number of non-ortho nitro benzene ring substituents is 1. The second kappa shape index (κ2) is 23.3. The number of carboxylic acid groups (broad SMARTS) is 1. The van der Waals surface area contributed by atoms with Gasteiger partial charge in [-0.25, -0.2) is 4.63 Å². The molecule has 0 spiro atoms. The minimum atomic E-state index is -1.01. The molecule has 4 fully saturated rings. The zero-order chi connectivity index (χ0) is 45.9. The molecule has 0 radical (unpaired) electrons. The Kier molecular flexibility index (Phi) is 18.2. The number of unbranched alkanes of at least 4 members (excludes halogenated alkanes) is 2. The summed E-state index contributed by atoms with van der Waals surface area (Å²) in [5, 5.41) is 31.8. The Balaban J connectivity index is 1.07. The van der Waals surface area contributed by atoms with Gasteiger partial charge in [0.2, 0.25) is 11.4 Å². The van der Waals surface area contributed by atoms with Crippen LogP contribution in [0.3, 0.4) is 0 Å². The van der Waals surface area contributed by atoms with Crippen molar-refractivity contribution in [1.82, 2.24) is 15.2 Å². The van der Waals surface area contributed by atoms with Crippen molar-refractivity contribution in [2.45, 2.75) is 142 Å². The van der Waals surface area contributed by atoms with Crippen molar-refractivity contribution >= 4 is 34.3 Å². The highest BCUT2D eigenvalue weighted by Gasteiger charge is 2.66. The van der Waals surface area contributed by atoms with Gasteiger partial charge in [-0.1, -0.05) is 27.2 Å². The molecule has 17 nitrogen and oxygen atoms in total. The third-order valence-electron chi connectivity index (χ3n) is 16.2. The first-order chi connectivity index (χ1) is 30.9. The number of benzene rings is 1. The SMILES string of the molecule is C[C@H](CCCN(CC(=O)O)C(=O)CCCCCNc1ccc([N+](=O)[O-])c2nonc12)[C@H]1CCC2C3C(C[C@H](OCCCN)[C@@]21C)[C@@]1(C)CC[C@@H](OCCCN)CC1C[C@H]3OCCCN. The minimum absolute atomic E-state index is 0.0573. The molecule has 4 saturated carbocycles. The van der Waals surface area contributed by atoms with E-state index in [1.807, 2.05) is 0 Å². The third kappa shape index (κ3) is 11.4. The normalized spacial score (nSPS) is 30.3. The number of anilines is 1. The molecule has 11 atom stereocenters. The minimum Gasteiger partial charge on any atom is -0.480 e. The van der Waals surface area contributed by atoms with Gasteiger partial charge >= 0.3 is 11.7 Å². The molecule has 4 aliphatic carbocycles. The third-order valence-corrected chi connectivity index (χ3v) is 16.2. The first-order valence-electron chi connectivity index (χ1n) is 24.4. The number of fused-ring (bicyclic) bond motifs is 6. The lowest BCUT2D eigenvalue weighted by atomic mass is 9.43. The van der Waals surface area contributed by atoms with E-state index < -0.39 is 10.9 Å². The average Bonchev–Trinajstić information content (AvgIpc) is 3.91. The first-order valence-corrected chi connectivity index (χ1v) is 24.4. The number of nitrogens with one attached hydrogen (secondary N) is 1. The Morgan fingerprint density at radius 1 is 0.922 bits per heavy atom. The van der Waals surface area contributed by atoms with E-state index in [1.54, 1.807) is 6.07 Å². The van der Waals surface area contributed by atoms with E-state index in [-0.39, 0.29) is 59.2 Å². The second-order valence-electron chi connectivity index (χ2n) is 19.9. The number of rotatable bonds is 27. The van der Waals surface area contributed by atoms with Gasteiger partial charge in [-0.3, -0.25) is 19.7 Å². The lowest BCUT2D eigenvalue weighted by molar-refractivity contribution is -0.383. The molecule has 64 heavy (non-hydrogen) atoms. The second-order valence-corrected chi connectivity index (χ2v) is 19.9. The van der Waals surface area contributed by atoms with Gasteiger partial charge in [-0.05, 0) is 167 Å². The predicted molar refractivity (Wildman–Crippen MR) is 244 cm³/mol. The number of nitrogens with zero attached hydrogens (tertiary/aromatic N) is 4. The molecule has 1 heterocycles. The topological polar surface area (TPSA) is 257 Å². The van der Waals surface area contributed by atoms with Crippen LogP contribution in [-0.2, 0) is 23.8 Å². The highest BCUT2D eigenvalue weighted by atomic mass is 16.6. The average molecular weight is 899 g/mol. The molecule has 1 aromatic heterocycles. The van der Waals surface area contributed by atoms with Gasteiger partial charge in [0, 0.05) is 50.8 Å². The Morgan fingerprint density at radius 2 is 1.64 bits per heavy atom. The summed E-state index contributed by atoms with van der Waals surface area (Å²) in [5.41, 5.74) is 18.7. The summed E-state index contributed by atoms with van der Waals surface area (Å²) in [6.45, 7) is 12.0. The van der Waals surface area contributed by atoms with Gasteiger partial charge in [0.05, 0.1) is 28.9 Å². The van der Waals surface area contributed by atoms with E-state index >= 15 is 0 Å². The Morgan fingerprint density at radius 3 is 2.36 bits per heavy atom. The number of nitrogens with two attached hydrogens (primary N) is 3. The molecule has 4 aliphatic rings. The molecule has 360 valence electrons.